The van der Waals surface area contributed by atoms with Crippen molar-refractivity contribution in [1.29, 1.82) is 0 Å². The summed E-state index contributed by atoms with van der Waals surface area (Å²) in [6.45, 7) is 1.80. The van der Waals surface area contributed by atoms with Crippen molar-refractivity contribution in [3.05, 3.63) is 71.8 Å². The SMILES string of the molecule is C[C@@]1(c2ccccc2)OC(=O)C(OCc2ccccc2)C1=O. The van der Waals surface area contributed by atoms with Gasteiger partial charge in [0, 0.05) is 5.56 Å². The molecular weight excluding hydrogens is 280 g/mol. The molecule has 0 saturated carbocycles. The fraction of sp³-hybridized carbons (Fsp3) is 0.222. The number of carbonyl (C=O) groups excluding carboxylic acids is 2. The van der Waals surface area contributed by atoms with Crippen molar-refractivity contribution in [2.75, 3.05) is 0 Å². The minimum atomic E-state index is -1.28. The van der Waals surface area contributed by atoms with E-state index in [1.54, 1.807) is 31.2 Å². The normalized spacial score (nSPS) is 24.3. The van der Waals surface area contributed by atoms with Crippen LogP contribution in [0.15, 0.2) is 60.7 Å². The van der Waals surface area contributed by atoms with Gasteiger partial charge in [-0.25, -0.2) is 4.79 Å². The maximum Gasteiger partial charge on any atom is 0.344 e. The van der Waals surface area contributed by atoms with Crippen LogP contribution in [0, 0.1) is 0 Å². The van der Waals surface area contributed by atoms with E-state index in [2.05, 4.69) is 0 Å². The van der Waals surface area contributed by atoms with Crippen LogP contribution in [-0.4, -0.2) is 17.9 Å². The van der Waals surface area contributed by atoms with E-state index in [1.165, 1.54) is 0 Å². The molecule has 0 spiro atoms. The second kappa shape index (κ2) is 5.73. The van der Waals surface area contributed by atoms with Crippen molar-refractivity contribution in [1.82, 2.24) is 0 Å². The number of hydrogen-bond acceptors (Lipinski definition) is 4. The van der Waals surface area contributed by atoms with Gasteiger partial charge in [0.15, 0.2) is 5.60 Å². The Hall–Kier alpha value is -2.46. The van der Waals surface area contributed by atoms with E-state index < -0.39 is 17.7 Å². The first-order chi connectivity index (χ1) is 10.6. The van der Waals surface area contributed by atoms with Crippen LogP contribution in [0.25, 0.3) is 0 Å². The number of esters is 1. The summed E-state index contributed by atoms with van der Waals surface area (Å²) in [5, 5.41) is 0. The molecule has 0 aromatic heterocycles. The zero-order valence-electron chi connectivity index (χ0n) is 12.2. The van der Waals surface area contributed by atoms with Gasteiger partial charge in [0.25, 0.3) is 0 Å². The Kier molecular flexibility index (Phi) is 3.77. The van der Waals surface area contributed by atoms with E-state index in [1.807, 2.05) is 36.4 Å². The first-order valence-corrected chi connectivity index (χ1v) is 7.09. The number of Topliss-reactive ketones (excluding diaryl/α,β-unsaturated/α-hetero) is 1. The van der Waals surface area contributed by atoms with Crippen molar-refractivity contribution < 1.29 is 19.1 Å². The van der Waals surface area contributed by atoms with Gasteiger partial charge in [-0.1, -0.05) is 60.7 Å². The lowest BCUT2D eigenvalue weighted by molar-refractivity contribution is -0.155. The van der Waals surface area contributed by atoms with Gasteiger partial charge in [-0.2, -0.15) is 0 Å². The number of hydrogen-bond donors (Lipinski definition) is 0. The average Bonchev–Trinajstić information content (AvgIpc) is 2.78. The van der Waals surface area contributed by atoms with E-state index in [0.717, 1.165) is 5.56 Å². The second-order valence-electron chi connectivity index (χ2n) is 5.36. The molecule has 2 aromatic rings. The minimum absolute atomic E-state index is 0.192. The topological polar surface area (TPSA) is 52.6 Å². The smallest absolute Gasteiger partial charge is 0.344 e. The molecule has 1 heterocycles. The highest BCUT2D eigenvalue weighted by Crippen LogP contribution is 2.34. The first kappa shape index (κ1) is 14.5. The Morgan fingerprint density at radius 2 is 1.59 bits per heavy atom. The third-order valence-corrected chi connectivity index (χ3v) is 3.81. The lowest BCUT2D eigenvalue weighted by atomic mass is 9.91. The molecule has 3 rings (SSSR count). The summed E-state index contributed by atoms with van der Waals surface area (Å²) in [4.78, 5) is 24.6. The molecule has 0 aliphatic carbocycles. The number of rotatable bonds is 4. The van der Waals surface area contributed by atoms with Gasteiger partial charge in [-0.3, -0.25) is 4.79 Å². The van der Waals surface area contributed by atoms with E-state index >= 15 is 0 Å². The van der Waals surface area contributed by atoms with Crippen LogP contribution in [0.4, 0.5) is 0 Å². The van der Waals surface area contributed by atoms with Crippen molar-refractivity contribution in [3.8, 4) is 0 Å². The average molecular weight is 296 g/mol. The van der Waals surface area contributed by atoms with Crippen molar-refractivity contribution in [3.63, 3.8) is 0 Å². The maximum atomic E-state index is 12.6. The van der Waals surface area contributed by atoms with Crippen molar-refractivity contribution >= 4 is 11.8 Å². The summed E-state index contributed by atoms with van der Waals surface area (Å²) >= 11 is 0. The van der Waals surface area contributed by atoms with Gasteiger partial charge in [0.05, 0.1) is 6.61 Å². The van der Waals surface area contributed by atoms with E-state index in [9.17, 15) is 9.59 Å². The molecule has 0 radical (unpaired) electrons. The van der Waals surface area contributed by atoms with Crippen LogP contribution < -0.4 is 0 Å². The molecule has 0 N–H and O–H groups in total. The minimum Gasteiger partial charge on any atom is -0.444 e. The maximum absolute atomic E-state index is 12.6. The summed E-state index contributed by atoms with van der Waals surface area (Å²) in [7, 11) is 0. The number of cyclic esters (lactones) is 1. The molecule has 0 amide bonds. The van der Waals surface area contributed by atoms with Gasteiger partial charge < -0.3 is 9.47 Å². The van der Waals surface area contributed by atoms with Crippen LogP contribution in [0.3, 0.4) is 0 Å². The Bertz CT molecular complexity index is 681. The molecule has 1 aliphatic rings. The van der Waals surface area contributed by atoms with Gasteiger partial charge in [0.2, 0.25) is 11.9 Å². The highest BCUT2D eigenvalue weighted by atomic mass is 16.6. The lowest BCUT2D eigenvalue weighted by Crippen LogP contribution is -2.34. The van der Waals surface area contributed by atoms with Crippen LogP contribution in [0.1, 0.15) is 18.1 Å². The van der Waals surface area contributed by atoms with Crippen LogP contribution in [0.2, 0.25) is 0 Å². The zero-order chi connectivity index (χ0) is 15.6. The van der Waals surface area contributed by atoms with E-state index in [4.69, 9.17) is 9.47 Å². The quantitative estimate of drug-likeness (QED) is 0.643. The molecule has 4 heteroatoms. The van der Waals surface area contributed by atoms with Gasteiger partial charge in [-0.15, -0.1) is 0 Å². The predicted molar refractivity (Wildman–Crippen MR) is 79.9 cm³/mol. The van der Waals surface area contributed by atoms with Crippen LogP contribution >= 0.6 is 0 Å². The summed E-state index contributed by atoms with van der Waals surface area (Å²) in [5.74, 6) is -0.994. The summed E-state index contributed by atoms with van der Waals surface area (Å²) < 4.78 is 10.8. The highest BCUT2D eigenvalue weighted by molar-refractivity contribution is 6.11. The lowest BCUT2D eigenvalue weighted by Gasteiger charge is -2.20. The number of carbonyl (C=O) groups is 2. The molecule has 22 heavy (non-hydrogen) atoms. The van der Waals surface area contributed by atoms with Crippen molar-refractivity contribution in [2.24, 2.45) is 0 Å². The molecule has 1 saturated heterocycles. The molecule has 112 valence electrons. The van der Waals surface area contributed by atoms with Crippen molar-refractivity contribution in [2.45, 2.75) is 25.2 Å². The fourth-order valence-corrected chi connectivity index (χ4v) is 2.52. The molecule has 2 aromatic carbocycles. The molecule has 2 atom stereocenters. The van der Waals surface area contributed by atoms with E-state index in [0.29, 0.717) is 5.56 Å². The van der Waals surface area contributed by atoms with Crippen LogP contribution in [0.5, 0.6) is 0 Å². The van der Waals surface area contributed by atoms with E-state index in [-0.39, 0.29) is 12.4 Å². The molecular formula is C18H16O4. The number of benzene rings is 2. The standard InChI is InChI=1S/C18H16O4/c1-18(14-10-6-3-7-11-14)16(19)15(17(20)22-18)21-12-13-8-4-2-5-9-13/h2-11,15H,12H2,1H3/t15?,18-/m0/s1. The summed E-state index contributed by atoms with van der Waals surface area (Å²) in [6, 6.07) is 18.4. The number of ketones is 1. The summed E-state index contributed by atoms with van der Waals surface area (Å²) in [6.07, 6.45) is -1.18. The Balaban J connectivity index is 1.77. The first-order valence-electron chi connectivity index (χ1n) is 7.09. The molecule has 4 nitrogen and oxygen atoms in total. The third kappa shape index (κ3) is 2.53. The fourth-order valence-electron chi connectivity index (χ4n) is 2.52. The predicted octanol–water partition coefficient (Wildman–Crippen LogP) is 2.61. The van der Waals surface area contributed by atoms with Gasteiger partial charge >= 0.3 is 5.97 Å². The Morgan fingerprint density at radius 1 is 1.00 bits per heavy atom. The van der Waals surface area contributed by atoms with Gasteiger partial charge in [0.1, 0.15) is 0 Å². The third-order valence-electron chi connectivity index (χ3n) is 3.81. The van der Waals surface area contributed by atoms with Gasteiger partial charge in [-0.05, 0) is 12.5 Å². The summed E-state index contributed by atoms with van der Waals surface area (Å²) in [5.41, 5.74) is 0.273. The molecule has 1 aliphatic heterocycles. The zero-order valence-corrected chi connectivity index (χ0v) is 12.2. The molecule has 1 fully saturated rings. The monoisotopic (exact) mass is 296 g/mol. The largest absolute Gasteiger partial charge is 0.444 e. The van der Waals surface area contributed by atoms with Crippen LogP contribution in [-0.2, 0) is 31.3 Å². The second-order valence-corrected chi connectivity index (χ2v) is 5.36. The Morgan fingerprint density at radius 3 is 2.23 bits per heavy atom. The highest BCUT2D eigenvalue weighted by Gasteiger charge is 2.54. The number of ether oxygens (including phenoxy) is 2. The Labute approximate surface area is 128 Å². The molecule has 1 unspecified atom stereocenters. The molecule has 0 bridgehead atoms.